The lowest BCUT2D eigenvalue weighted by atomic mass is 10.1. The van der Waals surface area contributed by atoms with Crippen LogP contribution >= 0.6 is 11.6 Å². The molecule has 30 heavy (non-hydrogen) atoms. The van der Waals surface area contributed by atoms with Crippen LogP contribution in [0.3, 0.4) is 0 Å². The lowest BCUT2D eigenvalue weighted by Crippen LogP contribution is -2.40. The van der Waals surface area contributed by atoms with E-state index < -0.39 is 53.6 Å². The molecule has 2 unspecified atom stereocenters. The van der Waals surface area contributed by atoms with Crippen LogP contribution in [0.4, 0.5) is 27.9 Å². The van der Waals surface area contributed by atoms with Crippen molar-refractivity contribution in [1.82, 2.24) is 14.9 Å². The molecule has 0 radical (unpaired) electrons. The molecule has 0 aliphatic heterocycles. The molecule has 160 valence electrons. The molecule has 0 saturated heterocycles. The molecule has 1 aliphatic rings. The van der Waals surface area contributed by atoms with E-state index in [4.69, 9.17) is 11.6 Å². The van der Waals surface area contributed by atoms with Gasteiger partial charge in [-0.1, -0.05) is 11.6 Å². The fourth-order valence-electron chi connectivity index (χ4n) is 2.68. The third kappa shape index (κ3) is 5.41. The first-order valence-electron chi connectivity index (χ1n) is 8.62. The van der Waals surface area contributed by atoms with Gasteiger partial charge in [0.25, 0.3) is 5.91 Å². The van der Waals surface area contributed by atoms with E-state index >= 15 is 0 Å². The minimum atomic E-state index is -4.92. The van der Waals surface area contributed by atoms with Crippen molar-refractivity contribution in [2.75, 3.05) is 18.4 Å². The topological polar surface area (TPSA) is 75.2 Å². The monoisotopic (exact) mass is 448 g/mol. The van der Waals surface area contributed by atoms with E-state index in [-0.39, 0.29) is 23.9 Å². The molecular weight excluding hydrogens is 435 g/mol. The van der Waals surface area contributed by atoms with Crippen LogP contribution in [0.5, 0.6) is 0 Å². The number of carbonyl (C=O) groups excluding carboxylic acids is 2. The summed E-state index contributed by atoms with van der Waals surface area (Å²) in [7, 11) is 0. The summed E-state index contributed by atoms with van der Waals surface area (Å²) in [6.45, 7) is -0.714. The maximum absolute atomic E-state index is 13.8. The molecule has 2 amide bonds. The first-order valence-corrected chi connectivity index (χ1v) is 9.00. The molecule has 1 heterocycles. The molecule has 1 aromatic heterocycles. The lowest BCUT2D eigenvalue weighted by molar-refractivity contribution is -0.140. The summed E-state index contributed by atoms with van der Waals surface area (Å²) in [5.41, 5.74) is -1.92. The lowest BCUT2D eigenvalue weighted by Gasteiger charge is -2.22. The summed E-state index contributed by atoms with van der Waals surface area (Å²) in [5.74, 6) is -3.86. The van der Waals surface area contributed by atoms with Gasteiger partial charge >= 0.3 is 6.18 Å². The molecule has 2 atom stereocenters. The summed E-state index contributed by atoms with van der Waals surface area (Å²) < 4.78 is 65.3. The molecule has 0 spiro atoms. The second-order valence-corrected chi connectivity index (χ2v) is 7.10. The van der Waals surface area contributed by atoms with Crippen LogP contribution in [-0.4, -0.2) is 45.9 Å². The van der Waals surface area contributed by atoms with Crippen molar-refractivity contribution in [2.45, 2.75) is 18.8 Å². The molecule has 1 saturated carbocycles. The van der Waals surface area contributed by atoms with Gasteiger partial charge in [-0.05, 0) is 24.6 Å². The highest BCUT2D eigenvalue weighted by atomic mass is 35.5. The van der Waals surface area contributed by atoms with Gasteiger partial charge in [-0.15, -0.1) is 0 Å². The third-order valence-electron chi connectivity index (χ3n) is 4.31. The minimum Gasteiger partial charge on any atom is -0.329 e. The van der Waals surface area contributed by atoms with Crippen LogP contribution in [-0.2, 0) is 11.0 Å². The van der Waals surface area contributed by atoms with E-state index in [1.807, 2.05) is 0 Å². The van der Waals surface area contributed by atoms with Crippen LogP contribution in [0, 0.1) is 11.7 Å². The van der Waals surface area contributed by atoms with Gasteiger partial charge in [-0.3, -0.25) is 14.9 Å². The van der Waals surface area contributed by atoms with E-state index in [0.717, 1.165) is 11.0 Å². The van der Waals surface area contributed by atoms with Crippen molar-refractivity contribution in [3.63, 3.8) is 0 Å². The smallest absolute Gasteiger partial charge is 0.329 e. The van der Waals surface area contributed by atoms with Gasteiger partial charge in [-0.2, -0.15) is 13.2 Å². The Morgan fingerprint density at radius 2 is 1.87 bits per heavy atom. The van der Waals surface area contributed by atoms with Crippen LogP contribution in [0.25, 0.3) is 0 Å². The highest BCUT2D eigenvalue weighted by Crippen LogP contribution is 2.35. The number of anilines is 1. The van der Waals surface area contributed by atoms with E-state index in [0.29, 0.717) is 12.1 Å². The molecular formula is C18H14ClF5N4O2. The summed E-state index contributed by atoms with van der Waals surface area (Å²) in [6, 6.07) is 1.69. The van der Waals surface area contributed by atoms with Crippen LogP contribution in [0.1, 0.15) is 22.3 Å². The number of benzene rings is 1. The van der Waals surface area contributed by atoms with Crippen molar-refractivity contribution < 1.29 is 31.5 Å². The average Bonchev–Trinajstić information content (AvgIpc) is 3.36. The largest absolute Gasteiger partial charge is 0.419 e. The van der Waals surface area contributed by atoms with Crippen molar-refractivity contribution in [3.8, 4) is 0 Å². The number of hydrogen-bond acceptors (Lipinski definition) is 4. The molecule has 1 N–H and O–H groups in total. The van der Waals surface area contributed by atoms with Gasteiger partial charge in [0, 0.05) is 18.0 Å². The standard InChI is InChI=1S/C18H14ClF5N4O2/c19-11-5-25-17(26-6-11)27-15(29)8-28(7-10-4-13(10)20)16(30)9-1-2-12(14(21)3-9)18(22,23)24/h1-3,5-6,10,13H,4,7-8H2,(H,25,26,27,29). The first kappa shape index (κ1) is 21.9. The third-order valence-corrected chi connectivity index (χ3v) is 4.50. The van der Waals surface area contributed by atoms with Gasteiger partial charge in [0.15, 0.2) is 0 Å². The van der Waals surface area contributed by atoms with E-state index in [9.17, 15) is 31.5 Å². The van der Waals surface area contributed by atoms with Crippen LogP contribution in [0.2, 0.25) is 5.02 Å². The Labute approximate surface area is 172 Å². The molecule has 1 aliphatic carbocycles. The molecule has 6 nitrogen and oxygen atoms in total. The number of halogens is 6. The van der Waals surface area contributed by atoms with Gasteiger partial charge in [0.1, 0.15) is 18.5 Å². The number of amides is 2. The second-order valence-electron chi connectivity index (χ2n) is 6.66. The fraction of sp³-hybridized carbons (Fsp3) is 0.333. The van der Waals surface area contributed by atoms with Crippen LogP contribution < -0.4 is 5.32 Å². The predicted octanol–water partition coefficient (Wildman–Crippen LogP) is 3.73. The molecule has 0 bridgehead atoms. The van der Waals surface area contributed by atoms with Crippen molar-refractivity contribution in [3.05, 3.63) is 52.6 Å². The molecule has 2 aromatic rings. The zero-order valence-corrected chi connectivity index (χ0v) is 15.8. The maximum Gasteiger partial charge on any atom is 0.419 e. The normalized spacial score (nSPS) is 18.1. The number of alkyl halides is 4. The van der Waals surface area contributed by atoms with Crippen molar-refractivity contribution in [2.24, 2.45) is 5.92 Å². The number of aromatic nitrogens is 2. The fourth-order valence-corrected chi connectivity index (χ4v) is 2.77. The van der Waals surface area contributed by atoms with Crippen molar-refractivity contribution >= 4 is 29.4 Å². The highest BCUT2D eigenvalue weighted by molar-refractivity contribution is 6.30. The Hall–Kier alpha value is -2.82. The Kier molecular flexibility index (Phi) is 6.20. The van der Waals surface area contributed by atoms with Crippen LogP contribution in [0.15, 0.2) is 30.6 Å². The minimum absolute atomic E-state index is 0.0906. The zero-order chi connectivity index (χ0) is 22.1. The predicted molar refractivity (Wildman–Crippen MR) is 96.0 cm³/mol. The number of carbonyl (C=O) groups is 2. The van der Waals surface area contributed by atoms with E-state index in [1.165, 1.54) is 12.4 Å². The zero-order valence-electron chi connectivity index (χ0n) is 15.1. The first-order chi connectivity index (χ1) is 14.0. The number of nitrogens with one attached hydrogen (secondary N) is 1. The SMILES string of the molecule is O=C(CN(CC1CC1F)C(=O)c1ccc(C(F)(F)F)c(F)c1)Nc1ncc(Cl)cn1. The van der Waals surface area contributed by atoms with Gasteiger partial charge in [0.05, 0.1) is 23.0 Å². The van der Waals surface area contributed by atoms with Gasteiger partial charge in [-0.25, -0.2) is 18.7 Å². The van der Waals surface area contributed by atoms with Gasteiger partial charge < -0.3 is 4.90 Å². The summed E-state index contributed by atoms with van der Waals surface area (Å²) in [6.07, 6.45) is -3.41. The second kappa shape index (κ2) is 8.50. The quantitative estimate of drug-likeness (QED) is 0.683. The number of nitrogens with zero attached hydrogens (tertiary/aromatic N) is 3. The Morgan fingerprint density at radius 1 is 1.23 bits per heavy atom. The summed E-state index contributed by atoms with van der Waals surface area (Å²) >= 11 is 5.64. The van der Waals surface area contributed by atoms with Crippen molar-refractivity contribution in [1.29, 1.82) is 0 Å². The summed E-state index contributed by atoms with van der Waals surface area (Å²) in [5, 5.41) is 2.55. The number of hydrogen-bond donors (Lipinski definition) is 1. The molecule has 1 fully saturated rings. The number of rotatable bonds is 6. The van der Waals surface area contributed by atoms with E-state index in [2.05, 4.69) is 15.3 Å². The Balaban J connectivity index is 1.75. The Bertz CT molecular complexity index is 955. The highest BCUT2D eigenvalue weighted by Gasteiger charge is 2.40. The molecule has 3 rings (SSSR count). The molecule has 12 heteroatoms. The Morgan fingerprint density at radius 3 is 2.40 bits per heavy atom. The van der Waals surface area contributed by atoms with E-state index in [1.54, 1.807) is 0 Å². The maximum atomic E-state index is 13.8. The summed E-state index contributed by atoms with van der Waals surface area (Å²) in [4.78, 5) is 33.4. The molecule has 1 aromatic carbocycles. The van der Waals surface area contributed by atoms with Gasteiger partial charge in [0.2, 0.25) is 11.9 Å². The average molecular weight is 449 g/mol.